The highest BCUT2D eigenvalue weighted by Gasteiger charge is 2.46. The summed E-state index contributed by atoms with van der Waals surface area (Å²) in [5.41, 5.74) is -5.45. The van der Waals surface area contributed by atoms with Gasteiger partial charge in [-0.2, -0.15) is 31.3 Å². The van der Waals surface area contributed by atoms with Gasteiger partial charge in [-0.1, -0.05) is 0 Å². The summed E-state index contributed by atoms with van der Waals surface area (Å²) in [5.74, 6) is -0.681. The topological polar surface area (TPSA) is 43.8 Å². The first-order chi connectivity index (χ1) is 12.2. The number of hydrogen-bond donors (Lipinski definition) is 0. The van der Waals surface area contributed by atoms with Crippen LogP contribution in [0.1, 0.15) is 20.8 Å². The third-order valence-corrected chi connectivity index (χ3v) is 3.67. The average Bonchev–Trinajstić information content (AvgIpc) is 2.49. The lowest BCUT2D eigenvalue weighted by Gasteiger charge is -2.37. The van der Waals surface area contributed by atoms with Gasteiger partial charge in [0.1, 0.15) is 23.2 Å². The molecule has 0 aromatic carbocycles. The molecule has 27 heavy (non-hydrogen) atoms. The molecule has 12 heteroatoms. The van der Waals surface area contributed by atoms with Crippen molar-refractivity contribution < 1.29 is 40.0 Å². The van der Waals surface area contributed by atoms with Crippen molar-refractivity contribution >= 4 is 17.9 Å². The molecule has 1 aromatic heterocycles. The maximum atomic E-state index is 13.3. The van der Waals surface area contributed by atoms with E-state index in [4.69, 9.17) is 9.47 Å². The lowest BCUT2D eigenvalue weighted by Crippen LogP contribution is -2.54. The molecule has 1 fully saturated rings. The molecule has 5 nitrogen and oxygen atoms in total. The smallest absolute Gasteiger partial charge is 0.472 e. The second-order valence-corrected chi connectivity index (χ2v) is 7.45. The number of halogens is 6. The third-order valence-electron chi connectivity index (χ3n) is 3.21. The molecule has 2 heterocycles. The van der Waals surface area contributed by atoms with Crippen LogP contribution in [-0.2, 0) is 4.74 Å². The minimum atomic E-state index is -4.68. The maximum absolute atomic E-state index is 13.3. The van der Waals surface area contributed by atoms with Gasteiger partial charge in [0, 0.05) is 18.7 Å². The van der Waals surface area contributed by atoms with E-state index in [1.165, 1.54) is 0 Å². The Morgan fingerprint density at radius 2 is 1.81 bits per heavy atom. The molecular weight excluding hydrogens is 402 g/mol. The fourth-order valence-electron chi connectivity index (χ4n) is 2.27. The van der Waals surface area contributed by atoms with E-state index in [0.29, 0.717) is 0 Å². The number of rotatable bonds is 4. The Balaban J connectivity index is 2.38. The van der Waals surface area contributed by atoms with Gasteiger partial charge < -0.3 is 18.6 Å². The number of morpholine rings is 1. The zero-order valence-corrected chi connectivity index (χ0v) is 15.5. The van der Waals surface area contributed by atoms with Gasteiger partial charge in [0.15, 0.2) is 12.0 Å². The zero-order valence-electron chi connectivity index (χ0n) is 14.6. The van der Waals surface area contributed by atoms with E-state index in [1.54, 1.807) is 20.8 Å². The normalized spacial score (nSPS) is 19.1. The number of pyridine rings is 1. The summed E-state index contributed by atoms with van der Waals surface area (Å²) in [5, 5.41) is 0. The minimum Gasteiger partial charge on any atom is -0.472 e. The van der Waals surface area contributed by atoms with E-state index in [2.05, 4.69) is 9.17 Å². The molecule has 1 atom stereocenters. The summed E-state index contributed by atoms with van der Waals surface area (Å²) >= 11 is -0.774. The predicted octanol–water partition coefficient (Wildman–Crippen LogP) is 4.57. The Hall–Kier alpha value is -1.56. The SMILES string of the molecule is CC(C)(C)Oc1cc(OSC(F)(F)F)cc(N2CCOCC2C(F)(F)F)n1. The van der Waals surface area contributed by atoms with Crippen molar-refractivity contribution in [3.63, 3.8) is 0 Å². The number of nitrogens with zero attached hydrogens (tertiary/aromatic N) is 2. The zero-order chi connectivity index (χ0) is 20.5. The van der Waals surface area contributed by atoms with E-state index >= 15 is 0 Å². The first-order valence-corrected chi connectivity index (χ1v) is 8.53. The summed E-state index contributed by atoms with van der Waals surface area (Å²) in [6, 6.07) is 0.126. The van der Waals surface area contributed by atoms with Crippen LogP contribution >= 0.6 is 12.0 Å². The van der Waals surface area contributed by atoms with Crippen molar-refractivity contribution in [3.8, 4) is 11.6 Å². The van der Waals surface area contributed by atoms with Crippen LogP contribution in [0.5, 0.6) is 11.6 Å². The van der Waals surface area contributed by atoms with Gasteiger partial charge in [-0.15, -0.1) is 0 Å². The second-order valence-electron chi connectivity index (χ2n) is 6.65. The first kappa shape index (κ1) is 21.7. The fraction of sp³-hybridized carbons (Fsp3) is 0.667. The Morgan fingerprint density at radius 1 is 1.15 bits per heavy atom. The largest absolute Gasteiger partial charge is 0.479 e. The highest BCUT2D eigenvalue weighted by Crippen LogP contribution is 2.37. The molecule has 154 valence electrons. The molecule has 0 bridgehead atoms. The first-order valence-electron chi connectivity index (χ1n) is 7.79. The van der Waals surface area contributed by atoms with Crippen LogP contribution in [0.3, 0.4) is 0 Å². The van der Waals surface area contributed by atoms with Gasteiger partial charge in [0.2, 0.25) is 5.88 Å². The average molecular weight is 420 g/mol. The van der Waals surface area contributed by atoms with Crippen LogP contribution in [0.4, 0.5) is 32.2 Å². The van der Waals surface area contributed by atoms with E-state index in [1.807, 2.05) is 0 Å². The van der Waals surface area contributed by atoms with Crippen molar-refractivity contribution in [1.82, 2.24) is 4.98 Å². The van der Waals surface area contributed by atoms with Crippen molar-refractivity contribution in [2.75, 3.05) is 24.7 Å². The molecule has 0 aliphatic carbocycles. The summed E-state index contributed by atoms with van der Waals surface area (Å²) in [7, 11) is 0. The van der Waals surface area contributed by atoms with Crippen molar-refractivity contribution in [2.45, 2.75) is 44.1 Å². The lowest BCUT2D eigenvalue weighted by atomic mass is 10.2. The summed E-state index contributed by atoms with van der Waals surface area (Å²) in [6.45, 7) is 4.27. The van der Waals surface area contributed by atoms with Gasteiger partial charge in [-0.3, -0.25) is 0 Å². The monoisotopic (exact) mass is 420 g/mol. The van der Waals surface area contributed by atoms with Crippen molar-refractivity contribution in [3.05, 3.63) is 12.1 Å². The van der Waals surface area contributed by atoms with Gasteiger partial charge in [0.05, 0.1) is 13.2 Å². The molecule has 0 N–H and O–H groups in total. The van der Waals surface area contributed by atoms with Crippen molar-refractivity contribution in [1.29, 1.82) is 0 Å². The molecule has 1 aliphatic heterocycles. The molecular formula is C15H18F6N2O3S. The molecule has 0 spiro atoms. The lowest BCUT2D eigenvalue weighted by molar-refractivity contribution is -0.167. The Bertz CT molecular complexity index is 648. The molecule has 1 aromatic rings. The van der Waals surface area contributed by atoms with E-state index in [9.17, 15) is 26.3 Å². The standard InChI is InChI=1S/C15H18F6N2O3S/c1-13(2,3)25-12-7-9(26-27-15(19,20)21)6-11(22-12)23-4-5-24-8-10(23)14(16,17)18/h6-7,10H,4-5,8H2,1-3H3. The highest BCUT2D eigenvalue weighted by molar-refractivity contribution is 7.95. The highest BCUT2D eigenvalue weighted by atomic mass is 32.2. The quantitative estimate of drug-likeness (QED) is 0.525. The van der Waals surface area contributed by atoms with Gasteiger partial charge in [0.25, 0.3) is 0 Å². The summed E-state index contributed by atoms with van der Waals surface area (Å²) in [4.78, 5) is 4.95. The molecule has 0 radical (unpaired) electrons. The van der Waals surface area contributed by atoms with Crippen LogP contribution in [0, 0.1) is 0 Å². The number of anilines is 1. The van der Waals surface area contributed by atoms with Crippen LogP contribution < -0.4 is 13.8 Å². The van der Waals surface area contributed by atoms with Crippen LogP contribution in [0.2, 0.25) is 0 Å². The van der Waals surface area contributed by atoms with Gasteiger partial charge >= 0.3 is 11.7 Å². The van der Waals surface area contributed by atoms with Crippen LogP contribution in [-0.4, -0.2) is 48.1 Å². The molecule has 0 saturated carbocycles. The molecule has 1 unspecified atom stereocenters. The summed E-state index contributed by atoms with van der Waals surface area (Å²) in [6.07, 6.45) is -4.61. The van der Waals surface area contributed by atoms with Gasteiger partial charge in [-0.25, -0.2) is 0 Å². The minimum absolute atomic E-state index is 0.0199. The number of aromatic nitrogens is 1. The Labute approximate surface area is 156 Å². The Kier molecular flexibility index (Phi) is 6.30. The molecule has 2 rings (SSSR count). The van der Waals surface area contributed by atoms with Crippen molar-refractivity contribution in [2.24, 2.45) is 0 Å². The third kappa shape index (κ3) is 6.83. The summed E-state index contributed by atoms with van der Waals surface area (Å²) < 4.78 is 92.1. The molecule has 0 amide bonds. The molecule has 1 saturated heterocycles. The van der Waals surface area contributed by atoms with Crippen LogP contribution in [0.15, 0.2) is 12.1 Å². The number of ether oxygens (including phenoxy) is 2. The number of alkyl halides is 6. The fourth-order valence-corrected chi connectivity index (χ4v) is 2.56. The maximum Gasteiger partial charge on any atom is 0.479 e. The molecule has 1 aliphatic rings. The van der Waals surface area contributed by atoms with E-state index in [0.717, 1.165) is 17.0 Å². The predicted molar refractivity (Wildman–Crippen MR) is 86.9 cm³/mol. The Morgan fingerprint density at radius 3 is 2.37 bits per heavy atom. The number of hydrogen-bond acceptors (Lipinski definition) is 6. The van der Waals surface area contributed by atoms with Gasteiger partial charge in [-0.05, 0) is 20.8 Å². The van der Waals surface area contributed by atoms with E-state index < -0.39 is 42.0 Å². The van der Waals surface area contributed by atoms with E-state index in [-0.39, 0.29) is 30.6 Å². The van der Waals surface area contributed by atoms with Crippen LogP contribution in [0.25, 0.3) is 0 Å². The second kappa shape index (κ2) is 7.82.